The number of methoxy groups -OCH3 is 3. The summed E-state index contributed by atoms with van der Waals surface area (Å²) in [5, 5.41) is 6.49. The highest BCUT2D eigenvalue weighted by molar-refractivity contribution is 5.91. The minimum atomic E-state index is -0.352. The Labute approximate surface area is 168 Å². The number of aryl methyl sites for hydroxylation is 1. The maximum Gasteiger partial charge on any atom is 0.307 e. The lowest BCUT2D eigenvalue weighted by atomic mass is 9.90. The number of ether oxygens (including phenoxy) is 3. The van der Waals surface area contributed by atoms with Gasteiger partial charge in [0.1, 0.15) is 5.76 Å². The fourth-order valence-electron chi connectivity index (χ4n) is 3.54. The van der Waals surface area contributed by atoms with Crippen LogP contribution in [0.25, 0.3) is 0 Å². The minimum absolute atomic E-state index is 0.0986. The summed E-state index contributed by atoms with van der Waals surface area (Å²) in [7, 11) is 4.50. The van der Waals surface area contributed by atoms with E-state index < -0.39 is 0 Å². The summed E-state index contributed by atoms with van der Waals surface area (Å²) < 4.78 is 20.7. The van der Waals surface area contributed by atoms with Crippen molar-refractivity contribution in [2.24, 2.45) is 0 Å². The van der Waals surface area contributed by atoms with Gasteiger partial charge in [-0.05, 0) is 36.6 Å². The van der Waals surface area contributed by atoms with Crippen molar-refractivity contribution in [3.8, 4) is 11.5 Å². The molecule has 2 heterocycles. The van der Waals surface area contributed by atoms with Crippen LogP contribution in [0.2, 0.25) is 0 Å². The number of fused-ring (bicyclic) bond motifs is 1. The van der Waals surface area contributed by atoms with Gasteiger partial charge >= 0.3 is 5.97 Å². The van der Waals surface area contributed by atoms with E-state index in [1.165, 1.54) is 7.11 Å². The largest absolute Gasteiger partial charge is 0.493 e. The van der Waals surface area contributed by atoms with Crippen LogP contribution in [0, 0.1) is 6.92 Å². The molecular weight excluding hydrogens is 378 g/mol. The topological polar surface area (TPSA) is 103 Å². The molecule has 3 rings (SSSR count). The van der Waals surface area contributed by atoms with Gasteiger partial charge in [0.05, 0.1) is 34.3 Å². The molecule has 9 heteroatoms. The highest BCUT2D eigenvalue weighted by atomic mass is 16.5. The number of nitrogens with one attached hydrogen (secondary N) is 1. The van der Waals surface area contributed by atoms with Crippen molar-refractivity contribution in [1.29, 1.82) is 0 Å². The fraction of sp³-hybridized carbons (Fsp3) is 0.450. The van der Waals surface area contributed by atoms with E-state index in [0.717, 1.165) is 11.1 Å². The molecule has 1 amide bonds. The fourth-order valence-corrected chi connectivity index (χ4v) is 3.54. The van der Waals surface area contributed by atoms with Crippen LogP contribution in [-0.2, 0) is 20.7 Å². The van der Waals surface area contributed by atoms with Crippen LogP contribution in [-0.4, -0.2) is 56.4 Å². The molecule has 0 saturated heterocycles. The third-order valence-corrected chi connectivity index (χ3v) is 4.94. The molecule has 1 aliphatic rings. The second-order valence-corrected chi connectivity index (χ2v) is 6.79. The average Bonchev–Trinajstić information content (AvgIpc) is 3.12. The molecular formula is C20H25N3O6. The van der Waals surface area contributed by atoms with Gasteiger partial charge in [-0.1, -0.05) is 5.16 Å². The standard InChI is InChI=1S/C20H25N3O6/c1-12-7-18(22-29-12)21-19(24)11-23-6-5-13-8-16(26-2)17(27-3)9-14(13)15(23)10-20(25)28-4/h7-9,15H,5-6,10-11H2,1-4H3,(H,21,22,24)/t15-/m0/s1. The SMILES string of the molecule is COC(=O)C[C@H]1c2cc(OC)c(OC)cc2CCN1CC(=O)Nc1cc(C)on1. The minimum Gasteiger partial charge on any atom is -0.493 e. The first-order valence-electron chi connectivity index (χ1n) is 9.24. The van der Waals surface area contributed by atoms with Gasteiger partial charge in [0, 0.05) is 18.7 Å². The lowest BCUT2D eigenvalue weighted by Crippen LogP contribution is -2.41. The van der Waals surface area contributed by atoms with Crippen LogP contribution in [0.3, 0.4) is 0 Å². The summed E-state index contributed by atoms with van der Waals surface area (Å²) in [6.07, 6.45) is 0.832. The van der Waals surface area contributed by atoms with Crippen LogP contribution < -0.4 is 14.8 Å². The Hall–Kier alpha value is -3.07. The molecule has 9 nitrogen and oxygen atoms in total. The highest BCUT2D eigenvalue weighted by Crippen LogP contribution is 2.39. The molecule has 1 aromatic carbocycles. The average molecular weight is 403 g/mol. The Morgan fingerprint density at radius 1 is 1.21 bits per heavy atom. The molecule has 1 atom stereocenters. The van der Waals surface area contributed by atoms with Gasteiger partial charge in [0.2, 0.25) is 5.91 Å². The van der Waals surface area contributed by atoms with Gasteiger partial charge in [-0.25, -0.2) is 0 Å². The van der Waals surface area contributed by atoms with Gasteiger partial charge < -0.3 is 24.1 Å². The number of benzene rings is 1. The zero-order valence-corrected chi connectivity index (χ0v) is 17.0. The summed E-state index contributed by atoms with van der Waals surface area (Å²) in [6, 6.07) is 5.11. The van der Waals surface area contributed by atoms with Crippen molar-refractivity contribution in [3.05, 3.63) is 35.1 Å². The molecule has 0 bridgehead atoms. The molecule has 0 aliphatic carbocycles. The van der Waals surface area contributed by atoms with Crippen molar-refractivity contribution < 1.29 is 28.3 Å². The zero-order chi connectivity index (χ0) is 21.0. The number of rotatable bonds is 7. The monoisotopic (exact) mass is 403 g/mol. The van der Waals surface area contributed by atoms with Crippen molar-refractivity contribution >= 4 is 17.7 Å². The second-order valence-electron chi connectivity index (χ2n) is 6.79. The molecule has 0 spiro atoms. The lowest BCUT2D eigenvalue weighted by Gasteiger charge is -2.36. The molecule has 1 aromatic heterocycles. The summed E-state index contributed by atoms with van der Waals surface area (Å²) in [5.74, 6) is 1.59. The Kier molecular flexibility index (Phi) is 6.38. The molecule has 1 aliphatic heterocycles. The molecule has 0 saturated carbocycles. The molecule has 1 N–H and O–H groups in total. The number of hydrogen-bond acceptors (Lipinski definition) is 8. The summed E-state index contributed by atoms with van der Waals surface area (Å²) in [4.78, 5) is 26.5. The Bertz CT molecular complexity index is 894. The van der Waals surface area contributed by atoms with Crippen LogP contribution in [0.5, 0.6) is 11.5 Å². The van der Waals surface area contributed by atoms with Crippen LogP contribution in [0.1, 0.15) is 29.3 Å². The Morgan fingerprint density at radius 2 is 1.93 bits per heavy atom. The van der Waals surface area contributed by atoms with E-state index >= 15 is 0 Å². The first kappa shape index (κ1) is 20.7. The van der Waals surface area contributed by atoms with Crippen LogP contribution in [0.15, 0.2) is 22.7 Å². The second kappa shape index (κ2) is 8.95. The smallest absolute Gasteiger partial charge is 0.307 e. The van der Waals surface area contributed by atoms with Gasteiger partial charge in [0.25, 0.3) is 0 Å². The lowest BCUT2D eigenvalue weighted by molar-refractivity contribution is -0.142. The van der Waals surface area contributed by atoms with Crippen molar-refractivity contribution in [3.63, 3.8) is 0 Å². The van der Waals surface area contributed by atoms with Crippen LogP contribution >= 0.6 is 0 Å². The molecule has 0 fully saturated rings. The number of carbonyl (C=O) groups is 2. The first-order valence-corrected chi connectivity index (χ1v) is 9.24. The van der Waals surface area contributed by atoms with E-state index in [4.69, 9.17) is 18.7 Å². The molecule has 0 unspecified atom stereocenters. The number of esters is 1. The number of hydrogen-bond donors (Lipinski definition) is 1. The van der Waals surface area contributed by atoms with E-state index in [1.807, 2.05) is 17.0 Å². The number of carbonyl (C=O) groups excluding carboxylic acids is 2. The first-order chi connectivity index (χ1) is 13.9. The predicted octanol–water partition coefficient (Wildman–Crippen LogP) is 2.10. The Balaban J connectivity index is 1.85. The molecule has 29 heavy (non-hydrogen) atoms. The summed E-state index contributed by atoms with van der Waals surface area (Å²) >= 11 is 0. The van der Waals surface area contributed by atoms with E-state index in [2.05, 4.69) is 10.5 Å². The number of anilines is 1. The number of nitrogens with zero attached hydrogens (tertiary/aromatic N) is 2. The maximum atomic E-state index is 12.5. The molecule has 2 aromatic rings. The van der Waals surface area contributed by atoms with Gasteiger partial charge in [-0.2, -0.15) is 0 Å². The normalized spacial score (nSPS) is 16.1. The number of amides is 1. The molecule has 0 radical (unpaired) electrons. The van der Waals surface area contributed by atoms with Crippen molar-refractivity contribution in [1.82, 2.24) is 10.1 Å². The van der Waals surface area contributed by atoms with Gasteiger partial charge in [0.15, 0.2) is 17.3 Å². The van der Waals surface area contributed by atoms with E-state index in [9.17, 15) is 9.59 Å². The Morgan fingerprint density at radius 3 is 2.55 bits per heavy atom. The van der Waals surface area contributed by atoms with Crippen molar-refractivity contribution in [2.45, 2.75) is 25.8 Å². The summed E-state index contributed by atoms with van der Waals surface area (Å²) in [6.45, 7) is 2.45. The predicted molar refractivity (Wildman–Crippen MR) is 104 cm³/mol. The molecule has 156 valence electrons. The quantitative estimate of drug-likeness (QED) is 0.701. The third kappa shape index (κ3) is 4.68. The van der Waals surface area contributed by atoms with E-state index in [-0.39, 0.29) is 30.9 Å². The highest BCUT2D eigenvalue weighted by Gasteiger charge is 2.32. The zero-order valence-electron chi connectivity index (χ0n) is 17.0. The number of aromatic nitrogens is 1. The van der Waals surface area contributed by atoms with E-state index in [0.29, 0.717) is 36.0 Å². The third-order valence-electron chi connectivity index (χ3n) is 4.94. The van der Waals surface area contributed by atoms with Gasteiger partial charge in [-0.15, -0.1) is 0 Å². The summed E-state index contributed by atoms with van der Waals surface area (Å²) in [5.41, 5.74) is 1.98. The maximum absolute atomic E-state index is 12.5. The van der Waals surface area contributed by atoms with Crippen LogP contribution in [0.4, 0.5) is 5.82 Å². The van der Waals surface area contributed by atoms with E-state index in [1.54, 1.807) is 27.2 Å². The van der Waals surface area contributed by atoms with Gasteiger partial charge in [-0.3, -0.25) is 14.5 Å². The van der Waals surface area contributed by atoms with Crippen molar-refractivity contribution in [2.75, 3.05) is 39.7 Å².